The standard InChI is InChI=1S/C25H23ClN4O4/c1-17-21(26)8-5-9-22(17)29-23(31)16-34-20-12-10-19(11-13-20)15-28-30-25(33)24(32)27-14-18-6-3-2-4-7-18/h2-13,15H,14,16H2,1H3,(H,27,32)(H,29,31)(H,30,33)/b28-15+. The number of ether oxygens (including phenoxy) is 1. The van der Waals surface area contributed by atoms with Crippen molar-refractivity contribution in [3.63, 3.8) is 0 Å². The van der Waals surface area contributed by atoms with E-state index < -0.39 is 11.8 Å². The average Bonchev–Trinajstić information content (AvgIpc) is 2.85. The van der Waals surface area contributed by atoms with Crippen LogP contribution in [0.4, 0.5) is 5.69 Å². The minimum Gasteiger partial charge on any atom is -0.484 e. The molecule has 9 heteroatoms. The third-order valence-corrected chi connectivity index (χ3v) is 5.08. The summed E-state index contributed by atoms with van der Waals surface area (Å²) in [4.78, 5) is 35.8. The number of hydrogen-bond acceptors (Lipinski definition) is 5. The third-order valence-electron chi connectivity index (χ3n) is 4.67. The lowest BCUT2D eigenvalue weighted by atomic mass is 10.2. The first kappa shape index (κ1) is 24.5. The van der Waals surface area contributed by atoms with E-state index in [9.17, 15) is 14.4 Å². The number of amides is 3. The van der Waals surface area contributed by atoms with E-state index in [-0.39, 0.29) is 19.1 Å². The van der Waals surface area contributed by atoms with Gasteiger partial charge in [-0.05, 0) is 60.0 Å². The quantitative estimate of drug-likeness (QED) is 0.262. The molecule has 0 fully saturated rings. The van der Waals surface area contributed by atoms with Gasteiger partial charge in [-0.2, -0.15) is 5.10 Å². The Morgan fingerprint density at radius 3 is 2.41 bits per heavy atom. The number of hydrazone groups is 1. The monoisotopic (exact) mass is 478 g/mol. The fraction of sp³-hybridized carbons (Fsp3) is 0.120. The molecule has 0 bridgehead atoms. The predicted octanol–water partition coefficient (Wildman–Crippen LogP) is 3.43. The number of rotatable bonds is 8. The third kappa shape index (κ3) is 7.46. The van der Waals surface area contributed by atoms with E-state index in [4.69, 9.17) is 16.3 Å². The molecule has 0 radical (unpaired) electrons. The van der Waals surface area contributed by atoms with E-state index in [1.807, 2.05) is 37.3 Å². The first-order chi connectivity index (χ1) is 16.4. The second-order valence-corrected chi connectivity index (χ2v) is 7.59. The maximum atomic E-state index is 12.1. The van der Waals surface area contributed by atoms with Crippen LogP contribution in [0.1, 0.15) is 16.7 Å². The Balaban J connectivity index is 1.41. The summed E-state index contributed by atoms with van der Waals surface area (Å²) in [7, 11) is 0. The molecule has 3 N–H and O–H groups in total. The molecule has 0 aliphatic carbocycles. The number of nitrogens with zero attached hydrogens (tertiary/aromatic N) is 1. The van der Waals surface area contributed by atoms with Crippen molar-refractivity contribution >= 4 is 41.2 Å². The molecule has 0 aliphatic rings. The minimum absolute atomic E-state index is 0.173. The molecule has 0 aromatic heterocycles. The maximum Gasteiger partial charge on any atom is 0.329 e. The van der Waals surface area contributed by atoms with Crippen LogP contribution in [0.5, 0.6) is 5.75 Å². The zero-order valence-electron chi connectivity index (χ0n) is 18.4. The highest BCUT2D eigenvalue weighted by atomic mass is 35.5. The molecule has 0 heterocycles. The number of carbonyl (C=O) groups excluding carboxylic acids is 3. The van der Waals surface area contributed by atoms with Crippen molar-refractivity contribution in [1.82, 2.24) is 10.7 Å². The van der Waals surface area contributed by atoms with Gasteiger partial charge in [0.2, 0.25) is 0 Å². The van der Waals surface area contributed by atoms with Crippen molar-refractivity contribution in [2.24, 2.45) is 5.10 Å². The maximum absolute atomic E-state index is 12.1. The van der Waals surface area contributed by atoms with Crippen LogP contribution < -0.4 is 20.8 Å². The summed E-state index contributed by atoms with van der Waals surface area (Å²) in [6.07, 6.45) is 1.39. The van der Waals surface area contributed by atoms with E-state index >= 15 is 0 Å². The molecule has 8 nitrogen and oxygen atoms in total. The Hall–Kier alpha value is -4.17. The molecule has 34 heavy (non-hydrogen) atoms. The van der Waals surface area contributed by atoms with Gasteiger partial charge in [0, 0.05) is 17.3 Å². The van der Waals surface area contributed by atoms with Crippen LogP contribution in [-0.2, 0) is 20.9 Å². The molecule has 0 atom stereocenters. The summed E-state index contributed by atoms with van der Waals surface area (Å²) in [5.74, 6) is -1.48. The van der Waals surface area contributed by atoms with Crippen LogP contribution in [0.15, 0.2) is 77.9 Å². The molecule has 3 aromatic rings. The fourth-order valence-electron chi connectivity index (χ4n) is 2.80. The normalized spacial score (nSPS) is 10.5. The van der Waals surface area contributed by atoms with Crippen molar-refractivity contribution in [1.29, 1.82) is 0 Å². The van der Waals surface area contributed by atoms with Crippen molar-refractivity contribution in [2.75, 3.05) is 11.9 Å². The van der Waals surface area contributed by atoms with Crippen molar-refractivity contribution in [3.8, 4) is 5.75 Å². The second kappa shape index (κ2) is 12.2. The summed E-state index contributed by atoms with van der Waals surface area (Å²) >= 11 is 6.06. The lowest BCUT2D eigenvalue weighted by Crippen LogP contribution is -2.37. The van der Waals surface area contributed by atoms with Crippen LogP contribution in [-0.4, -0.2) is 30.5 Å². The van der Waals surface area contributed by atoms with Crippen molar-refractivity contribution < 1.29 is 19.1 Å². The number of carbonyl (C=O) groups is 3. The van der Waals surface area contributed by atoms with E-state index in [1.54, 1.807) is 42.5 Å². The van der Waals surface area contributed by atoms with Gasteiger partial charge in [0.1, 0.15) is 5.75 Å². The fourth-order valence-corrected chi connectivity index (χ4v) is 2.98. The van der Waals surface area contributed by atoms with Gasteiger partial charge in [-0.25, -0.2) is 5.43 Å². The Bertz CT molecular complexity index is 1180. The predicted molar refractivity (Wildman–Crippen MR) is 131 cm³/mol. The Morgan fingerprint density at radius 2 is 1.68 bits per heavy atom. The van der Waals surface area contributed by atoms with E-state index in [0.29, 0.717) is 22.0 Å². The van der Waals surface area contributed by atoms with Gasteiger partial charge in [-0.15, -0.1) is 0 Å². The van der Waals surface area contributed by atoms with Crippen molar-refractivity contribution in [2.45, 2.75) is 13.5 Å². The first-order valence-corrected chi connectivity index (χ1v) is 10.7. The molecule has 3 amide bonds. The zero-order valence-corrected chi connectivity index (χ0v) is 19.1. The number of halogens is 1. The molecule has 0 saturated carbocycles. The molecule has 0 spiro atoms. The van der Waals surface area contributed by atoms with E-state index in [1.165, 1.54) is 6.21 Å². The van der Waals surface area contributed by atoms with E-state index in [0.717, 1.165) is 11.1 Å². The number of benzene rings is 3. The van der Waals surface area contributed by atoms with Crippen LogP contribution in [0, 0.1) is 6.92 Å². The largest absolute Gasteiger partial charge is 0.484 e. The van der Waals surface area contributed by atoms with Crippen LogP contribution in [0.2, 0.25) is 5.02 Å². The van der Waals surface area contributed by atoms with Gasteiger partial charge in [-0.3, -0.25) is 14.4 Å². The summed E-state index contributed by atoms with van der Waals surface area (Å²) in [5, 5.41) is 9.63. The Kier molecular flexibility index (Phi) is 8.76. The smallest absolute Gasteiger partial charge is 0.329 e. The summed E-state index contributed by atoms with van der Waals surface area (Å²) in [5.41, 5.74) is 5.13. The second-order valence-electron chi connectivity index (χ2n) is 7.19. The highest BCUT2D eigenvalue weighted by Crippen LogP contribution is 2.22. The molecule has 3 aromatic carbocycles. The Labute approximate surface area is 202 Å². The van der Waals surface area contributed by atoms with Gasteiger partial charge >= 0.3 is 11.8 Å². The zero-order chi connectivity index (χ0) is 24.3. The molecule has 174 valence electrons. The van der Waals surface area contributed by atoms with Crippen LogP contribution >= 0.6 is 11.6 Å². The van der Waals surface area contributed by atoms with Gasteiger partial charge < -0.3 is 15.4 Å². The van der Waals surface area contributed by atoms with E-state index in [2.05, 4.69) is 21.2 Å². The molecular formula is C25H23ClN4O4. The number of hydrogen-bond donors (Lipinski definition) is 3. The summed E-state index contributed by atoms with van der Waals surface area (Å²) in [6, 6.07) is 21.2. The number of nitrogens with one attached hydrogen (secondary N) is 3. The molecule has 0 unspecified atom stereocenters. The summed E-state index contributed by atoms with van der Waals surface area (Å²) < 4.78 is 5.49. The first-order valence-electron chi connectivity index (χ1n) is 10.4. The highest BCUT2D eigenvalue weighted by molar-refractivity contribution is 6.35. The minimum atomic E-state index is -0.868. The topological polar surface area (TPSA) is 109 Å². The van der Waals surface area contributed by atoms with Gasteiger partial charge in [0.15, 0.2) is 6.61 Å². The lowest BCUT2D eigenvalue weighted by molar-refractivity contribution is -0.139. The number of anilines is 1. The average molecular weight is 479 g/mol. The highest BCUT2D eigenvalue weighted by Gasteiger charge is 2.12. The van der Waals surface area contributed by atoms with Crippen LogP contribution in [0.25, 0.3) is 0 Å². The molecule has 3 rings (SSSR count). The van der Waals surface area contributed by atoms with Gasteiger partial charge in [0.25, 0.3) is 5.91 Å². The summed E-state index contributed by atoms with van der Waals surface area (Å²) in [6.45, 7) is 1.89. The lowest BCUT2D eigenvalue weighted by Gasteiger charge is -2.10. The molecule has 0 saturated heterocycles. The van der Waals surface area contributed by atoms with Gasteiger partial charge in [-0.1, -0.05) is 48.0 Å². The van der Waals surface area contributed by atoms with Crippen molar-refractivity contribution in [3.05, 3.63) is 94.5 Å². The van der Waals surface area contributed by atoms with Gasteiger partial charge in [0.05, 0.1) is 6.21 Å². The molecular weight excluding hydrogens is 456 g/mol. The molecule has 0 aliphatic heterocycles. The van der Waals surface area contributed by atoms with Crippen LogP contribution in [0.3, 0.4) is 0 Å². The SMILES string of the molecule is Cc1c(Cl)cccc1NC(=O)COc1ccc(/C=N/NC(=O)C(=O)NCc2ccccc2)cc1. The Morgan fingerprint density at radius 1 is 0.941 bits per heavy atom.